The lowest BCUT2D eigenvalue weighted by molar-refractivity contribution is -0.153. The maximum Gasteiger partial charge on any atom is 0.303 e. The van der Waals surface area contributed by atoms with Crippen LogP contribution in [0.15, 0.2) is 30.3 Å². The fourth-order valence-corrected chi connectivity index (χ4v) is 2.02. The van der Waals surface area contributed by atoms with E-state index in [1.807, 2.05) is 30.3 Å². The number of amides is 1. The first kappa shape index (κ1) is 16.2. The number of carbonyl (C=O) groups excluding carboxylic acids is 1. The zero-order valence-corrected chi connectivity index (χ0v) is 12.1. The summed E-state index contributed by atoms with van der Waals surface area (Å²) < 4.78 is 5.43. The second-order valence-electron chi connectivity index (χ2n) is 4.83. The van der Waals surface area contributed by atoms with Crippen LogP contribution in [0.5, 0.6) is 0 Å². The Morgan fingerprint density at radius 2 is 1.90 bits per heavy atom. The molecule has 1 rings (SSSR count). The van der Waals surface area contributed by atoms with Crippen molar-refractivity contribution in [1.82, 2.24) is 4.90 Å². The minimum atomic E-state index is -1.06. The van der Waals surface area contributed by atoms with E-state index in [2.05, 4.69) is 0 Å². The lowest BCUT2D eigenvalue weighted by Crippen LogP contribution is -2.45. The van der Waals surface area contributed by atoms with E-state index in [4.69, 9.17) is 9.84 Å². The van der Waals surface area contributed by atoms with Gasteiger partial charge in [0.2, 0.25) is 0 Å². The van der Waals surface area contributed by atoms with Crippen LogP contribution in [0.3, 0.4) is 0 Å². The molecule has 0 aliphatic rings. The largest absolute Gasteiger partial charge is 0.481 e. The Balaban J connectivity index is 2.78. The van der Waals surface area contributed by atoms with Gasteiger partial charge < -0.3 is 14.7 Å². The molecule has 0 saturated carbocycles. The normalized spacial score (nSPS) is 13.6. The molecule has 0 aliphatic carbocycles. The summed E-state index contributed by atoms with van der Waals surface area (Å²) >= 11 is 0. The number of carbonyl (C=O) groups is 2. The molecule has 1 unspecified atom stereocenters. The standard InChI is InChI=1S/C15H21NO4/c1-15(20-3,12-8-5-4-6-9-12)14(19)16(2)11-7-10-13(17)18/h4-6,8-9H,7,10-11H2,1-3H3,(H,17,18). The molecule has 1 aromatic rings. The van der Waals surface area contributed by atoms with Gasteiger partial charge in [0.05, 0.1) is 0 Å². The number of carboxylic acids is 1. The molecule has 0 aliphatic heterocycles. The van der Waals surface area contributed by atoms with E-state index < -0.39 is 11.6 Å². The smallest absolute Gasteiger partial charge is 0.303 e. The van der Waals surface area contributed by atoms with Crippen molar-refractivity contribution < 1.29 is 19.4 Å². The number of rotatable bonds is 7. The van der Waals surface area contributed by atoms with E-state index in [-0.39, 0.29) is 12.3 Å². The highest BCUT2D eigenvalue weighted by molar-refractivity contribution is 5.86. The number of aliphatic carboxylic acids is 1. The fraction of sp³-hybridized carbons (Fsp3) is 0.467. The highest BCUT2D eigenvalue weighted by atomic mass is 16.5. The van der Waals surface area contributed by atoms with Crippen LogP contribution in [0.2, 0.25) is 0 Å². The molecule has 0 spiro atoms. The van der Waals surface area contributed by atoms with E-state index in [1.54, 1.807) is 14.0 Å². The zero-order valence-electron chi connectivity index (χ0n) is 12.1. The molecular weight excluding hydrogens is 258 g/mol. The summed E-state index contributed by atoms with van der Waals surface area (Å²) in [6, 6.07) is 9.26. The maximum atomic E-state index is 12.5. The number of carboxylic acid groups (broad SMARTS) is 1. The highest BCUT2D eigenvalue weighted by Gasteiger charge is 2.37. The van der Waals surface area contributed by atoms with Crippen molar-refractivity contribution >= 4 is 11.9 Å². The Labute approximate surface area is 119 Å². The second kappa shape index (κ2) is 7.05. The quantitative estimate of drug-likeness (QED) is 0.827. The summed E-state index contributed by atoms with van der Waals surface area (Å²) in [6.07, 6.45) is 0.471. The topological polar surface area (TPSA) is 66.8 Å². The van der Waals surface area contributed by atoms with Gasteiger partial charge in [0.25, 0.3) is 5.91 Å². The number of methoxy groups -OCH3 is 1. The van der Waals surface area contributed by atoms with Gasteiger partial charge in [0.1, 0.15) is 0 Å². The highest BCUT2D eigenvalue weighted by Crippen LogP contribution is 2.26. The molecule has 20 heavy (non-hydrogen) atoms. The molecular formula is C15H21NO4. The Kier molecular flexibility index (Phi) is 5.70. The predicted octanol–water partition coefficient (Wildman–Crippen LogP) is 1.87. The van der Waals surface area contributed by atoms with Crippen molar-refractivity contribution in [1.29, 1.82) is 0 Å². The Morgan fingerprint density at radius 3 is 2.40 bits per heavy atom. The van der Waals surface area contributed by atoms with Gasteiger partial charge >= 0.3 is 5.97 Å². The number of ether oxygens (including phenoxy) is 1. The summed E-state index contributed by atoms with van der Waals surface area (Å²) in [5.41, 5.74) is -0.281. The van der Waals surface area contributed by atoms with Crippen LogP contribution in [-0.2, 0) is 19.9 Å². The van der Waals surface area contributed by atoms with Crippen molar-refractivity contribution in [2.75, 3.05) is 20.7 Å². The molecule has 5 nitrogen and oxygen atoms in total. The third-order valence-corrected chi connectivity index (χ3v) is 3.37. The van der Waals surface area contributed by atoms with Crippen LogP contribution < -0.4 is 0 Å². The lowest BCUT2D eigenvalue weighted by atomic mass is 9.94. The van der Waals surface area contributed by atoms with E-state index in [9.17, 15) is 9.59 Å². The molecule has 0 heterocycles. The van der Waals surface area contributed by atoms with Gasteiger partial charge in [-0.3, -0.25) is 9.59 Å². The molecule has 0 bridgehead atoms. The minimum absolute atomic E-state index is 0.0483. The molecule has 1 amide bonds. The van der Waals surface area contributed by atoms with E-state index >= 15 is 0 Å². The Morgan fingerprint density at radius 1 is 1.30 bits per heavy atom. The summed E-state index contributed by atoms with van der Waals surface area (Å²) in [5.74, 6) is -1.04. The Bertz CT molecular complexity index is 460. The monoisotopic (exact) mass is 279 g/mol. The minimum Gasteiger partial charge on any atom is -0.481 e. The van der Waals surface area contributed by atoms with Crippen molar-refractivity contribution in [2.45, 2.75) is 25.4 Å². The van der Waals surface area contributed by atoms with Crippen LogP contribution >= 0.6 is 0 Å². The second-order valence-corrected chi connectivity index (χ2v) is 4.83. The van der Waals surface area contributed by atoms with Gasteiger partial charge in [-0.1, -0.05) is 30.3 Å². The molecule has 1 atom stereocenters. The fourth-order valence-electron chi connectivity index (χ4n) is 2.02. The third-order valence-electron chi connectivity index (χ3n) is 3.37. The average Bonchev–Trinajstić information content (AvgIpc) is 2.46. The summed E-state index contributed by atoms with van der Waals surface area (Å²) in [7, 11) is 3.15. The van der Waals surface area contributed by atoms with Crippen LogP contribution in [0.4, 0.5) is 0 Å². The van der Waals surface area contributed by atoms with Gasteiger partial charge in [-0.15, -0.1) is 0 Å². The summed E-state index contributed by atoms with van der Waals surface area (Å²) in [6.45, 7) is 2.11. The van der Waals surface area contributed by atoms with Gasteiger partial charge in [-0.2, -0.15) is 0 Å². The summed E-state index contributed by atoms with van der Waals surface area (Å²) in [5, 5.41) is 8.62. The first-order valence-corrected chi connectivity index (χ1v) is 6.50. The van der Waals surface area contributed by atoms with Crippen LogP contribution in [0, 0.1) is 0 Å². The number of nitrogens with zero attached hydrogens (tertiary/aromatic N) is 1. The van der Waals surface area contributed by atoms with E-state index in [0.717, 1.165) is 5.56 Å². The van der Waals surface area contributed by atoms with Crippen molar-refractivity contribution in [3.8, 4) is 0 Å². The van der Waals surface area contributed by atoms with Crippen LogP contribution in [0.25, 0.3) is 0 Å². The molecule has 110 valence electrons. The third kappa shape index (κ3) is 3.81. The molecule has 5 heteroatoms. The van der Waals surface area contributed by atoms with E-state index in [1.165, 1.54) is 12.0 Å². The van der Waals surface area contributed by atoms with Gasteiger partial charge in [-0.25, -0.2) is 0 Å². The zero-order chi connectivity index (χ0) is 15.2. The van der Waals surface area contributed by atoms with Crippen LogP contribution in [-0.4, -0.2) is 42.6 Å². The number of likely N-dealkylation sites (N-methyl/N-ethyl adjacent to an activating group) is 1. The van der Waals surface area contributed by atoms with Gasteiger partial charge in [0, 0.05) is 27.1 Å². The molecule has 0 fully saturated rings. The first-order valence-electron chi connectivity index (χ1n) is 6.50. The van der Waals surface area contributed by atoms with E-state index in [0.29, 0.717) is 13.0 Å². The number of benzene rings is 1. The predicted molar refractivity (Wildman–Crippen MR) is 75.3 cm³/mol. The first-order chi connectivity index (χ1) is 9.41. The molecule has 0 saturated heterocycles. The summed E-state index contributed by atoms with van der Waals surface area (Å²) in [4.78, 5) is 24.5. The average molecular weight is 279 g/mol. The number of hydrogen-bond donors (Lipinski definition) is 1. The van der Waals surface area contributed by atoms with Crippen molar-refractivity contribution in [3.05, 3.63) is 35.9 Å². The number of hydrogen-bond acceptors (Lipinski definition) is 3. The molecule has 0 aromatic heterocycles. The van der Waals surface area contributed by atoms with Crippen molar-refractivity contribution in [3.63, 3.8) is 0 Å². The van der Waals surface area contributed by atoms with Crippen LogP contribution in [0.1, 0.15) is 25.3 Å². The van der Waals surface area contributed by atoms with Gasteiger partial charge in [-0.05, 0) is 18.9 Å². The maximum absolute atomic E-state index is 12.5. The lowest BCUT2D eigenvalue weighted by Gasteiger charge is -2.31. The Hall–Kier alpha value is -1.88. The van der Waals surface area contributed by atoms with Gasteiger partial charge in [0.15, 0.2) is 5.60 Å². The molecule has 1 N–H and O–H groups in total. The molecule has 1 aromatic carbocycles. The van der Waals surface area contributed by atoms with Crippen molar-refractivity contribution in [2.24, 2.45) is 0 Å². The molecule has 0 radical (unpaired) electrons. The SMILES string of the molecule is COC(C)(C(=O)N(C)CCCC(=O)O)c1ccccc1.